The summed E-state index contributed by atoms with van der Waals surface area (Å²) >= 11 is 0. The van der Waals surface area contributed by atoms with E-state index in [-0.39, 0.29) is 17.4 Å². The maximum Gasteiger partial charge on any atom is 0.142 e. The van der Waals surface area contributed by atoms with Crippen LogP contribution >= 0.6 is 0 Å². The lowest BCUT2D eigenvalue weighted by atomic mass is 9.77. The number of unbranched alkanes of at least 4 members (excludes halogenated alkanes) is 1. The first-order valence-electron chi connectivity index (χ1n) is 17.3. The van der Waals surface area contributed by atoms with Crippen molar-refractivity contribution in [2.75, 3.05) is 13.7 Å². The first-order valence-corrected chi connectivity index (χ1v) is 17.3. The number of hydrogen-bond acceptors (Lipinski definition) is 2. The highest BCUT2D eigenvalue weighted by Gasteiger charge is 2.30. The van der Waals surface area contributed by atoms with E-state index in [0.717, 1.165) is 42.6 Å². The first kappa shape index (κ1) is 34.4. The van der Waals surface area contributed by atoms with Gasteiger partial charge in [0.2, 0.25) is 0 Å². The molecule has 248 valence electrons. The van der Waals surface area contributed by atoms with Gasteiger partial charge in [0.15, 0.2) is 0 Å². The molecule has 47 heavy (non-hydrogen) atoms. The van der Waals surface area contributed by atoms with Gasteiger partial charge in [0.1, 0.15) is 34.5 Å². The molecule has 2 nitrogen and oxygen atoms in total. The minimum Gasteiger partial charge on any atom is -0.495 e. The molecular weight excluding hydrogens is 593 g/mol. The molecule has 3 aromatic carbocycles. The van der Waals surface area contributed by atoms with Crippen molar-refractivity contribution in [3.63, 3.8) is 0 Å². The third-order valence-corrected chi connectivity index (χ3v) is 9.66. The summed E-state index contributed by atoms with van der Waals surface area (Å²) in [6.07, 6.45) is 12.2. The van der Waals surface area contributed by atoms with Crippen molar-refractivity contribution in [1.29, 1.82) is 0 Å². The minimum atomic E-state index is -0.636. The van der Waals surface area contributed by atoms with E-state index in [1.165, 1.54) is 37.1 Å². The second kappa shape index (κ2) is 16.8. The predicted molar refractivity (Wildman–Crippen MR) is 185 cm³/mol. The number of ether oxygens (including phenoxy) is 2. The molecule has 3 aromatic rings. The van der Waals surface area contributed by atoms with Gasteiger partial charge in [-0.2, -0.15) is 0 Å². The van der Waals surface area contributed by atoms with Gasteiger partial charge in [-0.15, -0.1) is 0 Å². The van der Waals surface area contributed by atoms with Crippen LogP contribution in [0.3, 0.4) is 0 Å². The molecule has 2 aliphatic rings. The summed E-state index contributed by atoms with van der Waals surface area (Å²) in [6.45, 7) is 4.90. The van der Waals surface area contributed by atoms with Crippen molar-refractivity contribution in [3.05, 3.63) is 118 Å². The molecule has 1 fully saturated rings. The molecule has 5 rings (SSSR count). The molecule has 2 aliphatic carbocycles. The number of hydrogen-bond donors (Lipinski definition) is 0. The van der Waals surface area contributed by atoms with E-state index in [1.54, 1.807) is 12.1 Å². The molecule has 0 N–H and O–H groups in total. The van der Waals surface area contributed by atoms with Gasteiger partial charge in [0, 0.05) is 23.3 Å². The van der Waals surface area contributed by atoms with Crippen molar-refractivity contribution in [3.8, 4) is 23.3 Å². The topological polar surface area (TPSA) is 18.5 Å². The van der Waals surface area contributed by atoms with Gasteiger partial charge in [0.25, 0.3) is 0 Å². The Morgan fingerprint density at radius 2 is 1.53 bits per heavy atom. The molecule has 5 heteroatoms. The summed E-state index contributed by atoms with van der Waals surface area (Å²) < 4.78 is 57.3. The van der Waals surface area contributed by atoms with Gasteiger partial charge in [0.05, 0.1) is 13.7 Å². The Morgan fingerprint density at radius 1 is 0.787 bits per heavy atom. The van der Waals surface area contributed by atoms with Crippen molar-refractivity contribution in [1.82, 2.24) is 0 Å². The van der Waals surface area contributed by atoms with Crippen LogP contribution in [-0.4, -0.2) is 13.7 Å². The summed E-state index contributed by atoms with van der Waals surface area (Å²) in [4.78, 5) is 0. The lowest BCUT2D eigenvalue weighted by Gasteiger charge is -2.29. The average molecular weight is 641 g/mol. The fourth-order valence-corrected chi connectivity index (χ4v) is 6.79. The van der Waals surface area contributed by atoms with Gasteiger partial charge < -0.3 is 9.47 Å². The van der Waals surface area contributed by atoms with Crippen LogP contribution in [0, 0.1) is 29.5 Å². The van der Waals surface area contributed by atoms with Crippen LogP contribution in [0.5, 0.6) is 11.5 Å². The zero-order chi connectivity index (χ0) is 33.2. The number of rotatable bonds is 11. The maximum absolute atomic E-state index is 15.5. The second-order valence-electron chi connectivity index (χ2n) is 13.0. The minimum absolute atomic E-state index is 0.119. The largest absolute Gasteiger partial charge is 0.495 e. The van der Waals surface area contributed by atoms with Crippen molar-refractivity contribution >= 4 is 0 Å². The van der Waals surface area contributed by atoms with Crippen LogP contribution in [0.15, 0.2) is 84.5 Å². The summed E-state index contributed by atoms with van der Waals surface area (Å²) in [5, 5.41) is 0. The first-order chi connectivity index (χ1) is 22.9. The molecule has 0 heterocycles. The molecule has 1 saturated carbocycles. The van der Waals surface area contributed by atoms with Crippen LogP contribution < -0.4 is 9.47 Å². The van der Waals surface area contributed by atoms with E-state index in [9.17, 15) is 0 Å². The molecule has 2 unspecified atom stereocenters. The molecule has 0 aliphatic heterocycles. The average Bonchev–Trinajstić information content (AvgIpc) is 3.12. The Kier molecular flexibility index (Phi) is 12.3. The standard InChI is InChI=1S/C42H47F3O2/c1-4-6-7-29-8-13-31(14-9-29)32-15-19-34(20-16-32)41(44)42(45)35-21-17-33(18-22-35)36-27-39(43)38(40(28-36)46-3)25-12-30-10-23-37(24-11-30)47-26-5-2/h8-11,13-14,17,21,23-24,27-28,32-35H,4-7,15-16,18-20,22,26H2,1-3H3/b42-41+. The Hall–Kier alpha value is -3.91. The molecule has 0 saturated heterocycles. The highest BCUT2D eigenvalue weighted by Crippen LogP contribution is 2.43. The number of methoxy groups -OCH3 is 1. The maximum atomic E-state index is 15.5. The number of benzene rings is 3. The predicted octanol–water partition coefficient (Wildman–Crippen LogP) is 11.5. The van der Waals surface area contributed by atoms with E-state index >= 15 is 13.2 Å². The Balaban J connectivity index is 1.20. The number of halogens is 3. The van der Waals surface area contributed by atoms with E-state index in [2.05, 4.69) is 43.0 Å². The summed E-state index contributed by atoms with van der Waals surface area (Å²) in [6, 6.07) is 19.5. The van der Waals surface area contributed by atoms with Gasteiger partial charge in [-0.1, -0.05) is 68.5 Å². The molecular formula is C42H47F3O2. The lowest BCUT2D eigenvalue weighted by Crippen LogP contribution is -2.16. The quantitative estimate of drug-likeness (QED) is 0.153. The van der Waals surface area contributed by atoms with Crippen molar-refractivity contribution in [2.45, 2.75) is 89.9 Å². The van der Waals surface area contributed by atoms with Gasteiger partial charge in [-0.25, -0.2) is 13.2 Å². The number of aryl methyl sites for hydroxylation is 1. The molecule has 0 bridgehead atoms. The van der Waals surface area contributed by atoms with E-state index < -0.39 is 23.4 Å². The molecule has 0 amide bonds. The van der Waals surface area contributed by atoms with E-state index in [0.29, 0.717) is 44.0 Å². The smallest absolute Gasteiger partial charge is 0.142 e. The SMILES string of the molecule is CCCCc1ccc(C2CCC(/C(F)=C(\F)C3C=CC(c4cc(F)c(C#Cc5ccc(OCCC)cc5)c(OC)c4)CC3)CC2)cc1. The van der Waals surface area contributed by atoms with Crippen LogP contribution in [0.25, 0.3) is 0 Å². The Morgan fingerprint density at radius 3 is 2.17 bits per heavy atom. The van der Waals surface area contributed by atoms with Gasteiger partial charge in [-0.3, -0.25) is 0 Å². The third kappa shape index (κ3) is 8.92. The van der Waals surface area contributed by atoms with Gasteiger partial charge in [-0.05, 0) is 117 Å². The van der Waals surface area contributed by atoms with Crippen LogP contribution in [-0.2, 0) is 6.42 Å². The summed E-state index contributed by atoms with van der Waals surface area (Å²) in [5.74, 6) is 4.72. The molecule has 0 spiro atoms. The highest BCUT2D eigenvalue weighted by molar-refractivity contribution is 5.53. The third-order valence-electron chi connectivity index (χ3n) is 9.66. The monoisotopic (exact) mass is 640 g/mol. The number of allylic oxidation sites excluding steroid dienone is 4. The Bertz CT molecular complexity index is 1590. The normalized spacial score (nSPS) is 21.4. The molecule has 2 atom stereocenters. The van der Waals surface area contributed by atoms with Crippen molar-refractivity contribution < 1.29 is 22.6 Å². The van der Waals surface area contributed by atoms with E-state index in [1.807, 2.05) is 37.3 Å². The highest BCUT2D eigenvalue weighted by atomic mass is 19.2. The van der Waals surface area contributed by atoms with Crippen LogP contribution in [0.2, 0.25) is 0 Å². The van der Waals surface area contributed by atoms with Crippen LogP contribution in [0.1, 0.15) is 111 Å². The van der Waals surface area contributed by atoms with E-state index in [4.69, 9.17) is 9.47 Å². The summed E-state index contributed by atoms with van der Waals surface area (Å²) in [7, 11) is 1.50. The zero-order valence-corrected chi connectivity index (χ0v) is 28.0. The van der Waals surface area contributed by atoms with Crippen molar-refractivity contribution in [2.24, 2.45) is 11.8 Å². The van der Waals surface area contributed by atoms with Crippen LogP contribution in [0.4, 0.5) is 13.2 Å². The Labute approximate surface area is 279 Å². The fraction of sp³-hybridized carbons (Fsp3) is 0.429. The fourth-order valence-electron chi connectivity index (χ4n) is 6.79. The van der Waals surface area contributed by atoms with Gasteiger partial charge >= 0.3 is 0 Å². The summed E-state index contributed by atoms with van der Waals surface area (Å²) in [5.41, 5.74) is 4.34. The molecule has 0 radical (unpaired) electrons. The zero-order valence-electron chi connectivity index (χ0n) is 28.0. The molecule has 0 aromatic heterocycles. The second-order valence-corrected chi connectivity index (χ2v) is 13.0. The lowest BCUT2D eigenvalue weighted by molar-refractivity contribution is 0.297.